The molecule has 1 heterocycles. The zero-order chi connectivity index (χ0) is 12.3. The van der Waals surface area contributed by atoms with Crippen molar-refractivity contribution in [2.75, 3.05) is 26.2 Å². The van der Waals surface area contributed by atoms with Crippen LogP contribution >= 0.6 is 12.2 Å². The Morgan fingerprint density at radius 2 is 2.06 bits per heavy atom. The molecule has 1 aliphatic rings. The second-order valence-electron chi connectivity index (χ2n) is 4.56. The average Bonchev–Trinajstić information content (AvgIpc) is 2.70. The van der Waals surface area contributed by atoms with Crippen molar-refractivity contribution >= 4 is 23.0 Å². The molecule has 0 amide bonds. The number of rotatable bonds is 4. The number of benzene rings is 1. The van der Waals surface area contributed by atoms with Crippen LogP contribution in [0.5, 0.6) is 0 Å². The van der Waals surface area contributed by atoms with E-state index in [0.717, 1.165) is 31.2 Å². The maximum atomic E-state index is 9.04. The molecule has 1 aliphatic heterocycles. The quantitative estimate of drug-likeness (QED) is 0.629. The van der Waals surface area contributed by atoms with Crippen molar-refractivity contribution in [3.05, 3.63) is 29.8 Å². The lowest BCUT2D eigenvalue weighted by Gasteiger charge is -2.31. The van der Waals surface area contributed by atoms with E-state index in [2.05, 4.69) is 36.5 Å². The van der Waals surface area contributed by atoms with Gasteiger partial charge >= 0.3 is 0 Å². The number of hydrogen-bond acceptors (Lipinski definition) is 2. The second-order valence-corrected chi connectivity index (χ2v) is 4.95. The largest absolute Gasteiger partial charge is 0.396 e. The Bertz CT molecular complexity index is 404. The molecule has 2 N–H and O–H groups in total. The van der Waals surface area contributed by atoms with Gasteiger partial charge in [-0.25, -0.2) is 4.48 Å². The minimum Gasteiger partial charge on any atom is -0.396 e. The van der Waals surface area contributed by atoms with Gasteiger partial charge in [0.2, 0.25) is 0 Å². The molecule has 1 saturated heterocycles. The molecule has 1 atom stereocenters. The molecule has 4 heteroatoms. The lowest BCUT2D eigenvalue weighted by Crippen LogP contribution is -2.52. The van der Waals surface area contributed by atoms with Crippen molar-refractivity contribution < 1.29 is 5.11 Å². The standard InChI is InChI=1S/C13H18N2OS/c1-11-3-5-12(6-4-11)15(8-2-10-16)9-7-14-13(15)17/h3-6,16H,2,7-10H2,1H3/p+1. The van der Waals surface area contributed by atoms with Crippen molar-refractivity contribution in [2.24, 2.45) is 0 Å². The molecule has 1 aromatic carbocycles. The van der Waals surface area contributed by atoms with Crippen LogP contribution in [0.2, 0.25) is 0 Å². The van der Waals surface area contributed by atoms with Gasteiger partial charge in [-0.15, -0.1) is 0 Å². The third kappa shape index (κ3) is 2.34. The molecular weight excluding hydrogens is 232 g/mol. The van der Waals surface area contributed by atoms with Crippen LogP contribution in [0.15, 0.2) is 24.3 Å². The summed E-state index contributed by atoms with van der Waals surface area (Å²) in [5, 5.41) is 13.2. The molecule has 0 bridgehead atoms. The second kappa shape index (κ2) is 5.12. The van der Waals surface area contributed by atoms with Crippen LogP contribution in [0.1, 0.15) is 12.0 Å². The lowest BCUT2D eigenvalue weighted by atomic mass is 10.2. The van der Waals surface area contributed by atoms with Crippen LogP contribution in [-0.4, -0.2) is 36.5 Å². The van der Waals surface area contributed by atoms with Gasteiger partial charge in [0.25, 0.3) is 5.11 Å². The third-order valence-electron chi connectivity index (χ3n) is 3.38. The number of nitrogens with one attached hydrogen (secondary N) is 1. The van der Waals surface area contributed by atoms with Crippen LogP contribution in [0.3, 0.4) is 0 Å². The maximum Gasteiger partial charge on any atom is 0.275 e. The van der Waals surface area contributed by atoms with E-state index in [0.29, 0.717) is 4.48 Å². The van der Waals surface area contributed by atoms with E-state index < -0.39 is 0 Å². The number of thiocarbonyl (C=S) groups is 1. The fraction of sp³-hybridized carbons (Fsp3) is 0.462. The van der Waals surface area contributed by atoms with Gasteiger partial charge in [-0.2, -0.15) is 0 Å². The average molecular weight is 251 g/mol. The summed E-state index contributed by atoms with van der Waals surface area (Å²) in [4.78, 5) is 0. The summed E-state index contributed by atoms with van der Waals surface area (Å²) in [6, 6.07) is 8.53. The Morgan fingerprint density at radius 3 is 2.59 bits per heavy atom. The Kier molecular flexibility index (Phi) is 3.76. The molecular formula is C13H19N2OS+. The van der Waals surface area contributed by atoms with E-state index in [1.807, 2.05) is 0 Å². The normalized spacial score (nSPS) is 23.8. The third-order valence-corrected chi connectivity index (χ3v) is 3.88. The van der Waals surface area contributed by atoms with E-state index >= 15 is 0 Å². The van der Waals surface area contributed by atoms with Gasteiger partial charge in [0.05, 0.1) is 13.1 Å². The Balaban J connectivity index is 2.32. The first-order valence-corrected chi connectivity index (χ1v) is 6.43. The molecule has 0 aliphatic carbocycles. The van der Waals surface area contributed by atoms with Crippen molar-refractivity contribution in [3.8, 4) is 0 Å². The molecule has 2 rings (SSSR count). The van der Waals surface area contributed by atoms with Gasteiger partial charge in [-0.05, 0) is 19.1 Å². The summed E-state index contributed by atoms with van der Waals surface area (Å²) in [5.74, 6) is 0. The van der Waals surface area contributed by atoms with Crippen molar-refractivity contribution in [3.63, 3.8) is 0 Å². The highest BCUT2D eigenvalue weighted by Crippen LogP contribution is 2.27. The number of aliphatic hydroxyl groups is 1. The molecule has 92 valence electrons. The fourth-order valence-corrected chi connectivity index (χ4v) is 2.76. The number of aryl methyl sites for hydroxylation is 1. The van der Waals surface area contributed by atoms with E-state index in [1.54, 1.807) is 0 Å². The molecule has 0 saturated carbocycles. The molecule has 1 unspecified atom stereocenters. The smallest absolute Gasteiger partial charge is 0.275 e. The van der Waals surface area contributed by atoms with E-state index in [9.17, 15) is 0 Å². The van der Waals surface area contributed by atoms with Crippen molar-refractivity contribution in [1.29, 1.82) is 0 Å². The number of hydrogen-bond donors (Lipinski definition) is 2. The van der Waals surface area contributed by atoms with E-state index in [1.165, 1.54) is 11.3 Å². The Morgan fingerprint density at radius 1 is 1.35 bits per heavy atom. The zero-order valence-electron chi connectivity index (χ0n) is 10.1. The molecule has 0 aromatic heterocycles. The first-order chi connectivity index (χ1) is 8.19. The first-order valence-electron chi connectivity index (χ1n) is 6.02. The maximum absolute atomic E-state index is 9.04. The highest BCUT2D eigenvalue weighted by Gasteiger charge is 2.39. The van der Waals surface area contributed by atoms with Crippen LogP contribution < -0.4 is 9.80 Å². The van der Waals surface area contributed by atoms with Crippen molar-refractivity contribution in [1.82, 2.24) is 9.80 Å². The predicted molar refractivity (Wildman–Crippen MR) is 75.0 cm³/mol. The Hall–Kier alpha value is -0.970. The van der Waals surface area contributed by atoms with Crippen LogP contribution in [0, 0.1) is 6.92 Å². The highest BCUT2D eigenvalue weighted by atomic mass is 32.1. The predicted octanol–water partition coefficient (Wildman–Crippen LogP) is 1.57. The monoisotopic (exact) mass is 251 g/mol. The summed E-state index contributed by atoms with van der Waals surface area (Å²) in [5.41, 5.74) is 2.48. The molecule has 3 nitrogen and oxygen atoms in total. The molecule has 0 radical (unpaired) electrons. The zero-order valence-corrected chi connectivity index (χ0v) is 11.0. The topological polar surface area (TPSA) is 32.3 Å². The van der Waals surface area contributed by atoms with E-state index in [-0.39, 0.29) is 6.61 Å². The summed E-state index contributed by atoms with van der Waals surface area (Å²) < 4.78 is 0.691. The minimum absolute atomic E-state index is 0.217. The van der Waals surface area contributed by atoms with Gasteiger partial charge in [0, 0.05) is 25.2 Å². The van der Waals surface area contributed by atoms with Crippen molar-refractivity contribution in [2.45, 2.75) is 13.3 Å². The molecule has 17 heavy (non-hydrogen) atoms. The summed E-state index contributed by atoms with van der Waals surface area (Å²) in [6.07, 6.45) is 0.774. The summed E-state index contributed by atoms with van der Waals surface area (Å²) in [7, 11) is 0. The minimum atomic E-state index is 0.217. The van der Waals surface area contributed by atoms with Crippen LogP contribution in [0.25, 0.3) is 0 Å². The van der Waals surface area contributed by atoms with Gasteiger partial charge in [-0.3, -0.25) is 0 Å². The first kappa shape index (κ1) is 12.5. The highest BCUT2D eigenvalue weighted by molar-refractivity contribution is 7.80. The lowest BCUT2D eigenvalue weighted by molar-refractivity contribution is 0.271. The molecule has 1 fully saturated rings. The number of nitrogens with zero attached hydrogens (tertiary/aromatic N) is 1. The Labute approximate surface area is 108 Å². The van der Waals surface area contributed by atoms with Crippen LogP contribution in [-0.2, 0) is 0 Å². The van der Waals surface area contributed by atoms with E-state index in [4.69, 9.17) is 17.3 Å². The van der Waals surface area contributed by atoms with Gasteiger partial charge in [0.1, 0.15) is 12.2 Å². The summed E-state index contributed by atoms with van der Waals surface area (Å²) >= 11 is 5.46. The number of aliphatic hydroxyl groups excluding tert-OH is 1. The summed E-state index contributed by atoms with van der Waals surface area (Å²) in [6.45, 7) is 5.06. The van der Waals surface area contributed by atoms with Gasteiger partial charge in [0.15, 0.2) is 0 Å². The number of quaternary nitrogens is 1. The molecule has 1 aromatic rings. The van der Waals surface area contributed by atoms with Gasteiger partial charge in [-0.1, -0.05) is 17.7 Å². The fourth-order valence-electron chi connectivity index (χ4n) is 2.37. The SMILES string of the molecule is Cc1ccc([N+]2(CCCO)CCNC2=S)cc1. The molecule has 0 spiro atoms. The van der Waals surface area contributed by atoms with Gasteiger partial charge < -0.3 is 10.4 Å². The van der Waals surface area contributed by atoms with Crippen LogP contribution in [0.4, 0.5) is 5.69 Å².